The lowest BCUT2D eigenvalue weighted by atomic mass is 10.0. The van der Waals surface area contributed by atoms with E-state index in [4.69, 9.17) is 37.4 Å². The molecule has 15 heteroatoms. The third-order valence-electron chi connectivity index (χ3n) is 7.17. The number of halogens is 4. The molecule has 0 unspecified atom stereocenters. The highest BCUT2D eigenvalue weighted by molar-refractivity contribution is 7.92. The van der Waals surface area contributed by atoms with Crippen molar-refractivity contribution in [3.8, 4) is 17.2 Å². The zero-order valence-electron chi connectivity index (χ0n) is 25.4. The van der Waals surface area contributed by atoms with Crippen LogP contribution in [0.25, 0.3) is 0 Å². The first-order valence-electron chi connectivity index (χ1n) is 14.6. The third-order valence-corrected chi connectivity index (χ3v) is 8.42. The summed E-state index contributed by atoms with van der Waals surface area (Å²) >= 11 is 12.7. The quantitative estimate of drug-likeness (QED) is 0.0782. The van der Waals surface area contributed by atoms with Gasteiger partial charge < -0.3 is 24.2 Å². The molecule has 0 bridgehead atoms. The van der Waals surface area contributed by atoms with Crippen LogP contribution in [0.1, 0.15) is 46.0 Å². The molecule has 0 spiro atoms. The van der Waals surface area contributed by atoms with Gasteiger partial charge in [-0.1, -0.05) is 59.6 Å². The fraction of sp³-hybridized carbons (Fsp3) is 0.273. The van der Waals surface area contributed by atoms with E-state index >= 15 is 0 Å². The van der Waals surface area contributed by atoms with Crippen LogP contribution in [-0.2, 0) is 27.8 Å². The van der Waals surface area contributed by atoms with Crippen LogP contribution in [0.15, 0.2) is 79.1 Å². The van der Waals surface area contributed by atoms with Crippen LogP contribution < -0.4 is 23.7 Å². The van der Waals surface area contributed by atoms with Crippen LogP contribution in [0.3, 0.4) is 0 Å². The van der Waals surface area contributed by atoms with Gasteiger partial charge in [-0.2, -0.15) is 13.5 Å². The molecule has 1 heterocycles. The van der Waals surface area contributed by atoms with E-state index < -0.39 is 28.7 Å². The first-order chi connectivity index (χ1) is 22.8. The SMILES string of the molecule is CS(=O)(=O)Nc1ccc(C(=O)O[C@@H](Cc2c(Cl)c[n+]([O-])cc2Cl)c2ccc(OC(F)F)c(OCC3CC3)c2)cc1OCc1ccccc1. The number of benzene rings is 3. The molecular weight excluding hydrogens is 693 g/mol. The van der Waals surface area contributed by atoms with Gasteiger partial charge in [0.15, 0.2) is 23.9 Å². The maximum absolute atomic E-state index is 13.7. The Morgan fingerprint density at radius 2 is 1.69 bits per heavy atom. The standard InChI is InChI=1S/C33H30Cl2F2N2O8S/c1-48(42,43)38-27-11-9-23(14-30(27)44-18-20-5-3-2-4-6-20)32(40)46-29(15-24-25(34)16-39(41)17-26(24)35)22-10-12-28(47-33(36)37)31(13-22)45-19-21-7-8-21/h2-6,9-14,16-17,21,29,33,38H,7-8,15,18-19H2,1H3/t29-/m0/s1. The Balaban J connectivity index is 1.48. The van der Waals surface area contributed by atoms with E-state index in [0.29, 0.717) is 16.2 Å². The molecule has 4 aromatic rings. The summed E-state index contributed by atoms with van der Waals surface area (Å²) in [4.78, 5) is 13.7. The second-order valence-electron chi connectivity index (χ2n) is 11.1. The number of rotatable bonds is 15. The van der Waals surface area contributed by atoms with Crippen molar-refractivity contribution in [2.75, 3.05) is 17.6 Å². The van der Waals surface area contributed by atoms with Gasteiger partial charge in [-0.25, -0.2) is 13.2 Å². The second kappa shape index (κ2) is 15.3. The molecule has 0 amide bonds. The van der Waals surface area contributed by atoms with Crippen LogP contribution in [0.4, 0.5) is 14.5 Å². The number of ether oxygens (including phenoxy) is 4. The number of carbonyl (C=O) groups excluding carboxylic acids is 1. The number of esters is 1. The number of sulfonamides is 1. The molecule has 0 radical (unpaired) electrons. The van der Waals surface area contributed by atoms with Crippen LogP contribution >= 0.6 is 23.2 Å². The Kier molecular flexibility index (Phi) is 11.1. The van der Waals surface area contributed by atoms with Crippen molar-refractivity contribution in [3.63, 3.8) is 0 Å². The maximum atomic E-state index is 13.7. The summed E-state index contributed by atoms with van der Waals surface area (Å²) in [7, 11) is -3.70. The number of alkyl halides is 2. The number of anilines is 1. The maximum Gasteiger partial charge on any atom is 0.387 e. The molecule has 1 aliphatic carbocycles. The van der Waals surface area contributed by atoms with E-state index in [1.807, 2.05) is 30.3 Å². The molecule has 1 atom stereocenters. The van der Waals surface area contributed by atoms with Gasteiger partial charge in [0.25, 0.3) is 0 Å². The summed E-state index contributed by atoms with van der Waals surface area (Å²) in [5.74, 6) is -0.659. The van der Waals surface area contributed by atoms with Gasteiger partial charge in [0.2, 0.25) is 10.0 Å². The van der Waals surface area contributed by atoms with Crippen LogP contribution in [0, 0.1) is 11.1 Å². The van der Waals surface area contributed by atoms with Crippen LogP contribution in [0.2, 0.25) is 10.0 Å². The molecule has 0 saturated heterocycles. The molecule has 5 rings (SSSR count). The number of nitrogens with one attached hydrogen (secondary N) is 1. The Morgan fingerprint density at radius 1 is 0.979 bits per heavy atom. The molecule has 254 valence electrons. The van der Waals surface area contributed by atoms with Crippen molar-refractivity contribution in [3.05, 3.63) is 117 Å². The van der Waals surface area contributed by atoms with E-state index in [0.717, 1.165) is 37.1 Å². The lowest BCUT2D eigenvalue weighted by molar-refractivity contribution is -0.605. The smallest absolute Gasteiger partial charge is 0.387 e. The molecule has 0 aliphatic heterocycles. The largest absolute Gasteiger partial charge is 0.619 e. The number of hydrogen-bond acceptors (Lipinski definition) is 8. The van der Waals surface area contributed by atoms with Gasteiger partial charge in [-0.05, 0) is 60.2 Å². The molecule has 48 heavy (non-hydrogen) atoms. The molecule has 10 nitrogen and oxygen atoms in total. The fourth-order valence-corrected chi connectivity index (χ4v) is 5.81. The van der Waals surface area contributed by atoms with Gasteiger partial charge in [0.1, 0.15) is 28.5 Å². The van der Waals surface area contributed by atoms with E-state index in [-0.39, 0.29) is 63.7 Å². The fourth-order valence-electron chi connectivity index (χ4n) is 4.65. The van der Waals surface area contributed by atoms with Gasteiger partial charge in [0.05, 0.1) is 24.1 Å². The normalized spacial score (nSPS) is 13.5. The Morgan fingerprint density at radius 3 is 2.33 bits per heavy atom. The van der Waals surface area contributed by atoms with Crippen molar-refractivity contribution in [1.82, 2.24) is 0 Å². The molecular formula is C33H30Cl2F2N2O8S. The summed E-state index contributed by atoms with van der Waals surface area (Å²) in [5.41, 5.74) is 1.52. The van der Waals surface area contributed by atoms with E-state index in [9.17, 15) is 27.2 Å². The minimum atomic E-state index is -3.70. The lowest BCUT2D eigenvalue weighted by Gasteiger charge is -2.22. The predicted octanol–water partition coefficient (Wildman–Crippen LogP) is 7.11. The predicted molar refractivity (Wildman–Crippen MR) is 174 cm³/mol. The second-order valence-corrected chi connectivity index (χ2v) is 13.7. The van der Waals surface area contributed by atoms with E-state index in [2.05, 4.69) is 9.46 Å². The zero-order valence-corrected chi connectivity index (χ0v) is 27.7. The number of aromatic nitrogens is 1. The minimum absolute atomic E-state index is 0.00706. The highest BCUT2D eigenvalue weighted by Crippen LogP contribution is 2.38. The average Bonchev–Trinajstić information content (AvgIpc) is 3.85. The summed E-state index contributed by atoms with van der Waals surface area (Å²) in [6, 6.07) is 17.3. The monoisotopic (exact) mass is 722 g/mol. The van der Waals surface area contributed by atoms with Crippen molar-refractivity contribution in [2.24, 2.45) is 5.92 Å². The van der Waals surface area contributed by atoms with Gasteiger partial charge >= 0.3 is 12.6 Å². The Bertz CT molecular complexity index is 1860. The topological polar surface area (TPSA) is 127 Å². The van der Waals surface area contributed by atoms with Gasteiger partial charge in [-0.15, -0.1) is 0 Å². The average molecular weight is 724 g/mol. The highest BCUT2D eigenvalue weighted by atomic mass is 35.5. The summed E-state index contributed by atoms with van der Waals surface area (Å²) in [6.45, 7) is -2.75. The van der Waals surface area contributed by atoms with Crippen molar-refractivity contribution in [2.45, 2.75) is 38.6 Å². The molecule has 1 N–H and O–H groups in total. The minimum Gasteiger partial charge on any atom is -0.619 e. The van der Waals surface area contributed by atoms with Crippen molar-refractivity contribution >= 4 is 44.9 Å². The summed E-state index contributed by atoms with van der Waals surface area (Å²) < 4.78 is 75.6. The molecule has 1 aliphatic rings. The van der Waals surface area contributed by atoms with Gasteiger partial charge in [0, 0.05) is 12.0 Å². The summed E-state index contributed by atoms with van der Waals surface area (Å²) in [6.07, 6.45) is 3.82. The van der Waals surface area contributed by atoms with Gasteiger partial charge in [-0.3, -0.25) is 4.72 Å². The molecule has 1 fully saturated rings. The first-order valence-corrected chi connectivity index (χ1v) is 17.3. The third kappa shape index (κ3) is 9.85. The Labute approximate surface area is 285 Å². The number of nitrogens with zero attached hydrogens (tertiary/aromatic N) is 1. The van der Waals surface area contributed by atoms with Crippen LogP contribution in [-0.4, -0.2) is 33.9 Å². The number of carbonyl (C=O) groups is 1. The molecule has 3 aromatic carbocycles. The highest BCUT2D eigenvalue weighted by Gasteiger charge is 2.27. The van der Waals surface area contributed by atoms with Crippen molar-refractivity contribution in [1.29, 1.82) is 0 Å². The van der Waals surface area contributed by atoms with E-state index in [1.54, 1.807) is 0 Å². The summed E-state index contributed by atoms with van der Waals surface area (Å²) in [5, 5.41) is 11.9. The first kappa shape index (κ1) is 35.0. The molecule has 1 saturated carbocycles. The number of hydrogen-bond donors (Lipinski definition) is 1. The Hall–Kier alpha value is -4.33. The zero-order chi connectivity index (χ0) is 34.4. The van der Waals surface area contributed by atoms with E-state index in [1.165, 1.54) is 36.4 Å². The van der Waals surface area contributed by atoms with Crippen molar-refractivity contribution < 1.29 is 45.7 Å². The number of pyridine rings is 1. The molecule has 1 aromatic heterocycles. The lowest BCUT2D eigenvalue weighted by Crippen LogP contribution is -2.25. The van der Waals surface area contributed by atoms with Crippen LogP contribution in [0.5, 0.6) is 17.2 Å².